The number of hydrogen-bond donors (Lipinski definition) is 1. The number of benzene rings is 5. The Labute approximate surface area is 158 Å². The van der Waals surface area contributed by atoms with E-state index in [1.165, 1.54) is 32.7 Å². The van der Waals surface area contributed by atoms with Crippen LogP contribution in [-0.2, 0) is 0 Å². The third kappa shape index (κ3) is 2.94. The van der Waals surface area contributed by atoms with Gasteiger partial charge in [-0.1, -0.05) is 84.9 Å². The van der Waals surface area contributed by atoms with E-state index in [-0.39, 0.29) is 0 Å². The molecule has 0 spiro atoms. The summed E-state index contributed by atoms with van der Waals surface area (Å²) in [7, 11) is 0. The lowest BCUT2D eigenvalue weighted by Crippen LogP contribution is -1.93. The zero-order valence-electron chi connectivity index (χ0n) is 14.9. The molecule has 0 aliphatic rings. The second-order valence-electron chi connectivity index (χ2n) is 6.76. The fourth-order valence-corrected chi connectivity index (χ4v) is 3.69. The van der Waals surface area contributed by atoms with Gasteiger partial charge < -0.3 is 5.32 Å². The highest BCUT2D eigenvalue weighted by molar-refractivity contribution is 6.09. The Morgan fingerprint density at radius 3 is 2.04 bits per heavy atom. The van der Waals surface area contributed by atoms with Crippen molar-refractivity contribution in [3.63, 3.8) is 0 Å². The van der Waals surface area contributed by atoms with Crippen LogP contribution in [0.3, 0.4) is 0 Å². The van der Waals surface area contributed by atoms with Crippen molar-refractivity contribution in [3.8, 4) is 11.1 Å². The van der Waals surface area contributed by atoms with Gasteiger partial charge in [0.2, 0.25) is 0 Å². The maximum Gasteiger partial charge on any atom is 0.0463 e. The Kier molecular flexibility index (Phi) is 3.84. The third-order valence-electron chi connectivity index (χ3n) is 5.04. The molecule has 0 aliphatic carbocycles. The van der Waals surface area contributed by atoms with E-state index < -0.39 is 0 Å². The Hall–Kier alpha value is -3.58. The van der Waals surface area contributed by atoms with E-state index in [9.17, 15) is 0 Å². The van der Waals surface area contributed by atoms with Crippen LogP contribution in [0.2, 0.25) is 0 Å². The van der Waals surface area contributed by atoms with Crippen LogP contribution in [0.5, 0.6) is 0 Å². The van der Waals surface area contributed by atoms with Crippen molar-refractivity contribution in [1.29, 1.82) is 0 Å². The number of fused-ring (bicyclic) bond motifs is 3. The molecule has 0 aromatic heterocycles. The monoisotopic (exact) mass is 345 g/mol. The lowest BCUT2D eigenvalue weighted by atomic mass is 9.96. The molecule has 0 saturated heterocycles. The number of rotatable bonds is 3. The molecule has 5 aromatic rings. The molecule has 27 heavy (non-hydrogen) atoms. The smallest absolute Gasteiger partial charge is 0.0463 e. The van der Waals surface area contributed by atoms with Crippen molar-refractivity contribution in [2.45, 2.75) is 0 Å². The predicted molar refractivity (Wildman–Crippen MR) is 117 cm³/mol. The van der Waals surface area contributed by atoms with E-state index in [1.807, 2.05) is 18.2 Å². The standard InChI is InChI=1S/C26H19N/c1-2-9-22(10-3-1)27-26-13-7-6-12-24(26)21-17-16-20-15-14-19-8-4-5-11-23(19)25(20)18-21/h1-18,27H. The average Bonchev–Trinajstić information content (AvgIpc) is 2.74. The zero-order valence-corrected chi connectivity index (χ0v) is 14.9. The molecule has 0 amide bonds. The van der Waals surface area contributed by atoms with Crippen LogP contribution in [0.4, 0.5) is 11.4 Å². The molecule has 0 aliphatic heterocycles. The van der Waals surface area contributed by atoms with E-state index in [0.29, 0.717) is 0 Å². The van der Waals surface area contributed by atoms with Crippen LogP contribution < -0.4 is 5.32 Å². The van der Waals surface area contributed by atoms with E-state index >= 15 is 0 Å². The highest BCUT2D eigenvalue weighted by atomic mass is 14.9. The number of para-hydroxylation sites is 2. The molecule has 0 bridgehead atoms. The van der Waals surface area contributed by atoms with Gasteiger partial charge in [0, 0.05) is 16.9 Å². The van der Waals surface area contributed by atoms with Gasteiger partial charge in [0.05, 0.1) is 0 Å². The maximum absolute atomic E-state index is 3.56. The minimum absolute atomic E-state index is 1.09. The number of hydrogen-bond acceptors (Lipinski definition) is 1. The lowest BCUT2D eigenvalue weighted by molar-refractivity contribution is 1.54. The summed E-state index contributed by atoms with van der Waals surface area (Å²) in [5.41, 5.74) is 4.63. The van der Waals surface area contributed by atoms with Gasteiger partial charge in [-0.2, -0.15) is 0 Å². The first-order valence-corrected chi connectivity index (χ1v) is 9.21. The van der Waals surface area contributed by atoms with Gasteiger partial charge in [-0.3, -0.25) is 0 Å². The molecule has 0 unspecified atom stereocenters. The largest absolute Gasteiger partial charge is 0.355 e. The SMILES string of the molecule is c1ccc(Nc2ccccc2-c2ccc3ccc4ccccc4c3c2)cc1. The van der Waals surface area contributed by atoms with E-state index in [2.05, 4.69) is 96.3 Å². The van der Waals surface area contributed by atoms with Gasteiger partial charge in [0.15, 0.2) is 0 Å². The molecule has 0 saturated carbocycles. The minimum Gasteiger partial charge on any atom is -0.355 e. The van der Waals surface area contributed by atoms with Gasteiger partial charge >= 0.3 is 0 Å². The molecule has 1 nitrogen and oxygen atoms in total. The fraction of sp³-hybridized carbons (Fsp3) is 0. The molecular weight excluding hydrogens is 326 g/mol. The molecule has 1 N–H and O–H groups in total. The summed E-state index contributed by atoms with van der Waals surface area (Å²) in [6.07, 6.45) is 0. The van der Waals surface area contributed by atoms with Crippen molar-refractivity contribution in [1.82, 2.24) is 0 Å². The van der Waals surface area contributed by atoms with Crippen LogP contribution in [0, 0.1) is 0 Å². The van der Waals surface area contributed by atoms with Crippen molar-refractivity contribution in [2.75, 3.05) is 5.32 Å². The maximum atomic E-state index is 3.56. The summed E-state index contributed by atoms with van der Waals surface area (Å²) < 4.78 is 0. The van der Waals surface area contributed by atoms with Crippen LogP contribution in [0.25, 0.3) is 32.7 Å². The molecule has 0 radical (unpaired) electrons. The van der Waals surface area contributed by atoms with Gasteiger partial charge in [-0.05, 0) is 51.4 Å². The summed E-state index contributed by atoms with van der Waals surface area (Å²) in [4.78, 5) is 0. The Balaban J connectivity index is 1.67. The Bertz CT molecular complexity index is 1240. The van der Waals surface area contributed by atoms with Crippen molar-refractivity contribution < 1.29 is 0 Å². The molecule has 128 valence electrons. The Morgan fingerprint density at radius 2 is 1.15 bits per heavy atom. The fourth-order valence-electron chi connectivity index (χ4n) is 3.69. The zero-order chi connectivity index (χ0) is 18.1. The molecule has 0 atom stereocenters. The molecule has 1 heteroatoms. The van der Waals surface area contributed by atoms with E-state index in [1.54, 1.807) is 0 Å². The van der Waals surface area contributed by atoms with Crippen LogP contribution in [0.15, 0.2) is 109 Å². The first-order chi connectivity index (χ1) is 13.4. The first kappa shape index (κ1) is 15.7. The van der Waals surface area contributed by atoms with Crippen LogP contribution >= 0.6 is 0 Å². The van der Waals surface area contributed by atoms with Crippen molar-refractivity contribution in [3.05, 3.63) is 109 Å². The highest BCUT2D eigenvalue weighted by Crippen LogP contribution is 2.34. The average molecular weight is 345 g/mol. The number of anilines is 2. The van der Waals surface area contributed by atoms with Crippen molar-refractivity contribution in [2.24, 2.45) is 0 Å². The van der Waals surface area contributed by atoms with Gasteiger partial charge in [-0.25, -0.2) is 0 Å². The normalized spacial score (nSPS) is 11.0. The lowest BCUT2D eigenvalue weighted by Gasteiger charge is -2.13. The third-order valence-corrected chi connectivity index (χ3v) is 5.04. The van der Waals surface area contributed by atoms with Gasteiger partial charge in [-0.15, -0.1) is 0 Å². The molecule has 5 rings (SSSR count). The summed E-state index contributed by atoms with van der Waals surface area (Å²) in [6.45, 7) is 0. The summed E-state index contributed by atoms with van der Waals surface area (Å²) in [5.74, 6) is 0. The topological polar surface area (TPSA) is 12.0 Å². The summed E-state index contributed by atoms with van der Waals surface area (Å²) in [5, 5.41) is 8.69. The molecule has 0 fully saturated rings. The summed E-state index contributed by atoms with van der Waals surface area (Å²) >= 11 is 0. The summed E-state index contributed by atoms with van der Waals surface area (Å²) in [6, 6.07) is 38.5. The molecular formula is C26H19N. The minimum atomic E-state index is 1.09. The predicted octanol–water partition coefficient (Wildman–Crippen LogP) is 7.40. The first-order valence-electron chi connectivity index (χ1n) is 9.21. The second-order valence-corrected chi connectivity index (χ2v) is 6.76. The van der Waals surface area contributed by atoms with Gasteiger partial charge in [0.1, 0.15) is 0 Å². The quantitative estimate of drug-likeness (QED) is 0.336. The molecule has 0 heterocycles. The molecule has 5 aromatic carbocycles. The van der Waals surface area contributed by atoms with E-state index in [0.717, 1.165) is 11.4 Å². The van der Waals surface area contributed by atoms with Crippen LogP contribution in [-0.4, -0.2) is 0 Å². The van der Waals surface area contributed by atoms with Crippen molar-refractivity contribution >= 4 is 32.9 Å². The van der Waals surface area contributed by atoms with Crippen LogP contribution in [0.1, 0.15) is 0 Å². The number of nitrogens with one attached hydrogen (secondary N) is 1. The van der Waals surface area contributed by atoms with Gasteiger partial charge in [0.25, 0.3) is 0 Å². The highest BCUT2D eigenvalue weighted by Gasteiger charge is 2.07. The Morgan fingerprint density at radius 1 is 0.481 bits per heavy atom. The van der Waals surface area contributed by atoms with E-state index in [4.69, 9.17) is 0 Å². The second kappa shape index (κ2) is 6.62.